The van der Waals surface area contributed by atoms with Crippen LogP contribution in [0.3, 0.4) is 0 Å². The summed E-state index contributed by atoms with van der Waals surface area (Å²) < 4.78 is 2.05. The van der Waals surface area contributed by atoms with Crippen molar-refractivity contribution in [1.29, 1.82) is 0 Å². The molecule has 18 heavy (non-hydrogen) atoms. The molecule has 0 fully saturated rings. The van der Waals surface area contributed by atoms with Gasteiger partial charge in [-0.2, -0.15) is 0 Å². The number of aryl methyl sites for hydroxylation is 2. The van der Waals surface area contributed by atoms with Crippen LogP contribution in [0.1, 0.15) is 25.8 Å². The van der Waals surface area contributed by atoms with Crippen LogP contribution in [0.4, 0.5) is 5.69 Å². The predicted molar refractivity (Wildman–Crippen MR) is 74.7 cm³/mol. The van der Waals surface area contributed by atoms with Gasteiger partial charge in [-0.25, -0.2) is 4.98 Å². The summed E-state index contributed by atoms with van der Waals surface area (Å²) in [5.74, 6) is 1.02. The molecule has 0 bridgehead atoms. The van der Waals surface area contributed by atoms with E-state index in [1.807, 2.05) is 19.4 Å². The molecule has 0 unspecified atom stereocenters. The zero-order chi connectivity index (χ0) is 12.8. The predicted octanol–water partition coefficient (Wildman–Crippen LogP) is 3.22. The Balaban J connectivity index is 2.03. The Morgan fingerprint density at radius 3 is 2.89 bits per heavy atom. The second kappa shape index (κ2) is 3.87. The molecule has 0 spiro atoms. The van der Waals surface area contributed by atoms with Crippen molar-refractivity contribution in [3.63, 3.8) is 0 Å². The monoisotopic (exact) mass is 241 g/mol. The number of hydrogen-bond acceptors (Lipinski definition) is 2. The number of aromatic nitrogens is 2. The lowest BCUT2D eigenvalue weighted by molar-refractivity contribution is 0.502. The van der Waals surface area contributed by atoms with Crippen molar-refractivity contribution in [3.05, 3.63) is 36.2 Å². The van der Waals surface area contributed by atoms with E-state index in [0.29, 0.717) is 0 Å². The van der Waals surface area contributed by atoms with Crippen molar-refractivity contribution >= 4 is 5.69 Å². The Bertz CT molecular complexity index is 581. The molecule has 0 saturated heterocycles. The fourth-order valence-corrected chi connectivity index (χ4v) is 2.57. The van der Waals surface area contributed by atoms with Gasteiger partial charge in [0, 0.05) is 36.2 Å². The highest BCUT2D eigenvalue weighted by atomic mass is 15.0. The number of fused-ring (bicyclic) bond motifs is 1. The highest BCUT2D eigenvalue weighted by molar-refractivity contribution is 5.67. The minimum Gasteiger partial charge on any atom is -0.380 e. The fraction of sp³-hybridized carbons (Fsp3) is 0.400. The third-order valence-corrected chi connectivity index (χ3v) is 3.68. The molecule has 1 aromatic carbocycles. The topological polar surface area (TPSA) is 29.9 Å². The van der Waals surface area contributed by atoms with E-state index in [4.69, 9.17) is 0 Å². The Labute approximate surface area is 108 Å². The van der Waals surface area contributed by atoms with Gasteiger partial charge in [0.25, 0.3) is 0 Å². The largest absolute Gasteiger partial charge is 0.380 e. The van der Waals surface area contributed by atoms with Crippen LogP contribution in [0, 0.1) is 0 Å². The number of benzene rings is 1. The van der Waals surface area contributed by atoms with E-state index in [9.17, 15) is 0 Å². The summed E-state index contributed by atoms with van der Waals surface area (Å²) in [7, 11) is 2.03. The van der Waals surface area contributed by atoms with Gasteiger partial charge in [0.1, 0.15) is 5.82 Å². The van der Waals surface area contributed by atoms with Gasteiger partial charge in [-0.05, 0) is 38.3 Å². The van der Waals surface area contributed by atoms with Gasteiger partial charge >= 0.3 is 0 Å². The van der Waals surface area contributed by atoms with Gasteiger partial charge in [0.05, 0.1) is 0 Å². The second-order valence-corrected chi connectivity index (χ2v) is 5.74. The van der Waals surface area contributed by atoms with E-state index < -0.39 is 0 Å². The van der Waals surface area contributed by atoms with Crippen LogP contribution in [-0.4, -0.2) is 15.1 Å². The number of hydrogen-bond donors (Lipinski definition) is 1. The smallest absolute Gasteiger partial charge is 0.139 e. The molecular formula is C15H19N3. The molecule has 94 valence electrons. The molecule has 3 rings (SSSR count). The Morgan fingerprint density at radius 2 is 2.17 bits per heavy atom. The van der Waals surface area contributed by atoms with Crippen molar-refractivity contribution in [2.45, 2.75) is 32.2 Å². The summed E-state index contributed by atoms with van der Waals surface area (Å²) in [5, 5.41) is 3.62. The number of rotatable bonds is 1. The lowest BCUT2D eigenvalue weighted by Crippen LogP contribution is -2.35. The summed E-state index contributed by atoms with van der Waals surface area (Å²) in [5.41, 5.74) is 4.03. The first-order valence-corrected chi connectivity index (χ1v) is 6.44. The Morgan fingerprint density at radius 1 is 1.33 bits per heavy atom. The molecule has 0 aliphatic carbocycles. The molecule has 1 aliphatic heterocycles. The van der Waals surface area contributed by atoms with Crippen LogP contribution in [0.2, 0.25) is 0 Å². The van der Waals surface area contributed by atoms with Crippen molar-refractivity contribution < 1.29 is 0 Å². The molecular weight excluding hydrogens is 222 g/mol. The van der Waals surface area contributed by atoms with E-state index in [2.05, 4.69) is 46.9 Å². The van der Waals surface area contributed by atoms with E-state index in [-0.39, 0.29) is 5.54 Å². The third-order valence-electron chi connectivity index (χ3n) is 3.68. The zero-order valence-electron chi connectivity index (χ0n) is 11.2. The number of nitrogens with zero attached hydrogens (tertiary/aromatic N) is 2. The summed E-state index contributed by atoms with van der Waals surface area (Å²) in [6.45, 7) is 4.51. The van der Waals surface area contributed by atoms with Crippen molar-refractivity contribution in [2.24, 2.45) is 7.05 Å². The lowest BCUT2D eigenvalue weighted by atomic mass is 9.89. The van der Waals surface area contributed by atoms with Crippen molar-refractivity contribution in [3.8, 4) is 11.4 Å². The van der Waals surface area contributed by atoms with Gasteiger partial charge in [-0.15, -0.1) is 0 Å². The number of imidazole rings is 1. The minimum atomic E-state index is 0.188. The average molecular weight is 241 g/mol. The van der Waals surface area contributed by atoms with E-state index in [1.54, 1.807) is 0 Å². The molecule has 1 aromatic heterocycles. The third kappa shape index (κ3) is 1.90. The summed E-state index contributed by atoms with van der Waals surface area (Å²) in [6.07, 6.45) is 6.15. The SMILES string of the molecule is Cn1ccnc1-c1ccc2c(c1)NC(C)(C)CC2. The molecule has 3 nitrogen and oxygen atoms in total. The quantitative estimate of drug-likeness (QED) is 0.830. The normalized spacial score (nSPS) is 17.1. The second-order valence-electron chi connectivity index (χ2n) is 5.74. The van der Waals surface area contributed by atoms with Crippen LogP contribution in [0.5, 0.6) is 0 Å². The van der Waals surface area contributed by atoms with E-state index in [1.165, 1.54) is 23.2 Å². The van der Waals surface area contributed by atoms with Crippen LogP contribution in [0.25, 0.3) is 11.4 Å². The van der Waals surface area contributed by atoms with Crippen LogP contribution >= 0.6 is 0 Å². The molecule has 0 amide bonds. The molecule has 0 atom stereocenters. The number of anilines is 1. The highest BCUT2D eigenvalue weighted by Crippen LogP contribution is 2.33. The molecule has 0 saturated carbocycles. The van der Waals surface area contributed by atoms with Crippen LogP contribution in [0.15, 0.2) is 30.6 Å². The molecule has 2 aromatic rings. The van der Waals surface area contributed by atoms with Gasteiger partial charge in [0.15, 0.2) is 0 Å². The minimum absolute atomic E-state index is 0.188. The lowest BCUT2D eigenvalue weighted by Gasteiger charge is -2.34. The van der Waals surface area contributed by atoms with Crippen LogP contribution in [-0.2, 0) is 13.5 Å². The Hall–Kier alpha value is -1.77. The maximum atomic E-state index is 4.41. The zero-order valence-corrected chi connectivity index (χ0v) is 11.2. The van der Waals surface area contributed by atoms with E-state index in [0.717, 1.165) is 12.2 Å². The maximum Gasteiger partial charge on any atom is 0.139 e. The summed E-state index contributed by atoms with van der Waals surface area (Å²) >= 11 is 0. The van der Waals surface area contributed by atoms with E-state index >= 15 is 0 Å². The van der Waals surface area contributed by atoms with Crippen molar-refractivity contribution in [2.75, 3.05) is 5.32 Å². The van der Waals surface area contributed by atoms with Gasteiger partial charge in [0.2, 0.25) is 0 Å². The molecule has 2 heterocycles. The molecule has 1 aliphatic rings. The molecule has 0 radical (unpaired) electrons. The number of nitrogens with one attached hydrogen (secondary N) is 1. The average Bonchev–Trinajstić information content (AvgIpc) is 2.73. The van der Waals surface area contributed by atoms with Crippen molar-refractivity contribution in [1.82, 2.24) is 9.55 Å². The standard InChI is InChI=1S/C15H19N3/c1-15(2)7-6-11-4-5-12(10-13(11)17-15)14-16-8-9-18(14)3/h4-5,8-10,17H,6-7H2,1-3H3. The van der Waals surface area contributed by atoms with Gasteiger partial charge in [-0.3, -0.25) is 0 Å². The van der Waals surface area contributed by atoms with Crippen LogP contribution < -0.4 is 5.32 Å². The first-order valence-electron chi connectivity index (χ1n) is 6.44. The first kappa shape index (κ1) is 11.3. The molecule has 3 heteroatoms. The fourth-order valence-electron chi connectivity index (χ4n) is 2.57. The molecule has 1 N–H and O–H groups in total. The van der Waals surface area contributed by atoms with Gasteiger partial charge in [-0.1, -0.05) is 12.1 Å². The van der Waals surface area contributed by atoms with Gasteiger partial charge < -0.3 is 9.88 Å². The Kier molecular flexibility index (Phi) is 2.44. The highest BCUT2D eigenvalue weighted by Gasteiger charge is 2.24. The maximum absolute atomic E-state index is 4.41. The first-order chi connectivity index (χ1) is 8.55. The summed E-state index contributed by atoms with van der Waals surface area (Å²) in [6, 6.07) is 6.61. The summed E-state index contributed by atoms with van der Waals surface area (Å²) in [4.78, 5) is 4.41.